The normalized spacial score (nSPS) is 14.2. The Balaban J connectivity index is 1.47. The first kappa shape index (κ1) is 26.6. The van der Waals surface area contributed by atoms with Crippen molar-refractivity contribution in [2.75, 3.05) is 19.0 Å². The highest BCUT2D eigenvalue weighted by Crippen LogP contribution is 2.35. The Morgan fingerprint density at radius 1 is 1.18 bits per heavy atom. The second-order valence-corrected chi connectivity index (χ2v) is 9.38. The lowest BCUT2D eigenvalue weighted by atomic mass is 10.1. The van der Waals surface area contributed by atoms with E-state index >= 15 is 0 Å². The van der Waals surface area contributed by atoms with Gasteiger partial charge in [-0.3, -0.25) is 29.4 Å². The number of hydrogen-bond acceptors (Lipinski definition) is 9. The second kappa shape index (κ2) is 10.9. The Kier molecular flexibility index (Phi) is 7.65. The summed E-state index contributed by atoms with van der Waals surface area (Å²) >= 11 is 6.59. The molecule has 0 aliphatic carbocycles. The summed E-state index contributed by atoms with van der Waals surface area (Å²) in [5, 5.41) is 13.4. The van der Waals surface area contributed by atoms with E-state index in [1.165, 1.54) is 49.6 Å². The Hall–Kier alpha value is -4.42. The van der Waals surface area contributed by atoms with E-state index in [9.17, 15) is 29.3 Å². The monoisotopic (exact) mass is 555 g/mol. The molecule has 0 bridgehead atoms. The zero-order chi connectivity index (χ0) is 27.6. The third-order valence-electron chi connectivity index (χ3n) is 5.35. The molecule has 1 fully saturated rings. The summed E-state index contributed by atoms with van der Waals surface area (Å²) in [5.74, 6) is -1.67. The molecule has 1 aromatic heterocycles. The number of imide groups is 1. The number of rotatable bonds is 7. The second-order valence-electron chi connectivity index (χ2n) is 7.98. The van der Waals surface area contributed by atoms with Crippen LogP contribution in [-0.4, -0.2) is 46.5 Å². The molecular formula is C25H18ClN3O8S. The van der Waals surface area contributed by atoms with Crippen LogP contribution in [0.15, 0.2) is 57.9 Å². The molecule has 2 heterocycles. The van der Waals surface area contributed by atoms with Crippen LogP contribution in [0.4, 0.5) is 16.2 Å². The molecule has 1 aliphatic rings. The molecule has 0 unspecified atom stereocenters. The molecule has 0 atom stereocenters. The van der Waals surface area contributed by atoms with E-state index in [4.69, 9.17) is 16.0 Å². The zero-order valence-electron chi connectivity index (χ0n) is 19.8. The van der Waals surface area contributed by atoms with Gasteiger partial charge >= 0.3 is 5.97 Å². The Morgan fingerprint density at radius 2 is 1.95 bits per heavy atom. The minimum atomic E-state index is -0.708. The first-order valence-corrected chi connectivity index (χ1v) is 12.0. The lowest BCUT2D eigenvalue weighted by Crippen LogP contribution is -2.36. The molecule has 0 spiro atoms. The number of methoxy groups -OCH3 is 1. The summed E-state index contributed by atoms with van der Waals surface area (Å²) in [5.41, 5.74) is 1.11. The molecule has 3 amide bonds. The molecule has 4 rings (SSSR count). The molecule has 38 heavy (non-hydrogen) atoms. The van der Waals surface area contributed by atoms with E-state index < -0.39 is 34.5 Å². The number of anilines is 1. The fourth-order valence-electron chi connectivity index (χ4n) is 3.56. The average Bonchev–Trinajstić information content (AvgIpc) is 3.44. The number of nitrogens with zero attached hydrogens (tertiary/aromatic N) is 2. The predicted octanol–water partition coefficient (Wildman–Crippen LogP) is 5.28. The molecule has 1 saturated heterocycles. The van der Waals surface area contributed by atoms with Crippen LogP contribution in [0.25, 0.3) is 17.4 Å². The third kappa shape index (κ3) is 5.61. The maximum atomic E-state index is 12.8. The van der Waals surface area contributed by atoms with Gasteiger partial charge in [-0.15, -0.1) is 0 Å². The van der Waals surface area contributed by atoms with Gasteiger partial charge in [0.1, 0.15) is 18.1 Å². The quantitative estimate of drug-likeness (QED) is 0.178. The number of thioether (sulfide) groups is 1. The molecule has 11 nitrogen and oxygen atoms in total. The molecule has 194 valence electrons. The zero-order valence-corrected chi connectivity index (χ0v) is 21.4. The van der Waals surface area contributed by atoms with E-state index in [0.717, 1.165) is 4.90 Å². The summed E-state index contributed by atoms with van der Waals surface area (Å²) in [4.78, 5) is 61.3. The number of esters is 1. The van der Waals surface area contributed by atoms with Crippen LogP contribution in [0.1, 0.15) is 21.7 Å². The van der Waals surface area contributed by atoms with Gasteiger partial charge in [-0.05, 0) is 60.6 Å². The van der Waals surface area contributed by atoms with Crippen molar-refractivity contribution >= 4 is 63.8 Å². The van der Waals surface area contributed by atoms with Crippen molar-refractivity contribution < 1.29 is 33.3 Å². The topological polar surface area (TPSA) is 149 Å². The molecule has 2 aromatic carbocycles. The van der Waals surface area contributed by atoms with Crippen LogP contribution in [0.5, 0.6) is 0 Å². The van der Waals surface area contributed by atoms with Crippen molar-refractivity contribution in [3.63, 3.8) is 0 Å². The Bertz CT molecular complexity index is 1530. The van der Waals surface area contributed by atoms with Gasteiger partial charge in [0, 0.05) is 17.8 Å². The Morgan fingerprint density at radius 3 is 2.66 bits per heavy atom. The SMILES string of the molecule is COC(=O)c1cc(NC(=O)CN2C(=O)S/C(=C/c3ccc(-c4ccc(C)cc4[N+](=O)[O-])o3)C2=O)ccc1Cl. The Labute approximate surface area is 224 Å². The molecular weight excluding hydrogens is 538 g/mol. The van der Waals surface area contributed by atoms with Crippen LogP contribution in [0.3, 0.4) is 0 Å². The van der Waals surface area contributed by atoms with Crippen molar-refractivity contribution in [3.05, 3.63) is 85.5 Å². The highest BCUT2D eigenvalue weighted by Gasteiger charge is 2.36. The average molecular weight is 556 g/mol. The molecule has 13 heteroatoms. The summed E-state index contributed by atoms with van der Waals surface area (Å²) in [6.45, 7) is 1.16. The van der Waals surface area contributed by atoms with Gasteiger partial charge in [-0.2, -0.15) is 0 Å². The standard InChI is InChI=1S/C25H18ClN3O8S/c1-13-3-6-16(19(9-13)29(34)35)20-8-5-15(37-20)11-21-23(31)28(25(33)38-21)12-22(30)27-14-4-7-18(26)17(10-14)24(32)36-2/h3-11H,12H2,1-2H3,(H,27,30)/b21-11+. The highest BCUT2D eigenvalue weighted by atomic mass is 35.5. The van der Waals surface area contributed by atoms with Crippen LogP contribution in [0, 0.1) is 17.0 Å². The van der Waals surface area contributed by atoms with Crippen LogP contribution in [0.2, 0.25) is 5.02 Å². The number of amides is 3. The maximum absolute atomic E-state index is 12.8. The van der Waals surface area contributed by atoms with Crippen molar-refractivity contribution in [1.82, 2.24) is 4.90 Å². The number of nitro groups is 1. The number of carbonyl (C=O) groups is 4. The number of hydrogen-bond donors (Lipinski definition) is 1. The van der Waals surface area contributed by atoms with Gasteiger partial charge in [0.05, 0.1) is 33.1 Å². The van der Waals surface area contributed by atoms with Gasteiger partial charge in [-0.25, -0.2) is 4.79 Å². The van der Waals surface area contributed by atoms with E-state index in [0.29, 0.717) is 17.3 Å². The predicted molar refractivity (Wildman–Crippen MR) is 140 cm³/mol. The van der Waals surface area contributed by atoms with E-state index in [-0.39, 0.29) is 43.9 Å². The van der Waals surface area contributed by atoms with E-state index in [1.54, 1.807) is 19.1 Å². The molecule has 0 saturated carbocycles. The smallest absolute Gasteiger partial charge is 0.339 e. The largest absolute Gasteiger partial charge is 0.465 e. The number of ether oxygens (including phenoxy) is 1. The number of nitrogens with one attached hydrogen (secondary N) is 1. The van der Waals surface area contributed by atoms with E-state index in [1.807, 2.05) is 0 Å². The number of aryl methyl sites for hydroxylation is 1. The van der Waals surface area contributed by atoms with Crippen molar-refractivity contribution in [1.29, 1.82) is 0 Å². The molecule has 1 N–H and O–H groups in total. The van der Waals surface area contributed by atoms with Gasteiger partial charge in [0.15, 0.2) is 0 Å². The summed E-state index contributed by atoms with van der Waals surface area (Å²) in [7, 11) is 1.19. The van der Waals surface area contributed by atoms with Gasteiger partial charge in [0.25, 0.3) is 16.8 Å². The van der Waals surface area contributed by atoms with Crippen LogP contribution >= 0.6 is 23.4 Å². The van der Waals surface area contributed by atoms with Gasteiger partial charge in [-0.1, -0.05) is 17.7 Å². The van der Waals surface area contributed by atoms with Crippen molar-refractivity contribution in [2.24, 2.45) is 0 Å². The fourth-order valence-corrected chi connectivity index (χ4v) is 4.57. The maximum Gasteiger partial charge on any atom is 0.339 e. The van der Waals surface area contributed by atoms with E-state index in [2.05, 4.69) is 10.1 Å². The highest BCUT2D eigenvalue weighted by molar-refractivity contribution is 8.18. The fraction of sp³-hybridized carbons (Fsp3) is 0.120. The lowest BCUT2D eigenvalue weighted by molar-refractivity contribution is -0.384. The van der Waals surface area contributed by atoms with Crippen LogP contribution in [-0.2, 0) is 14.3 Å². The first-order valence-electron chi connectivity index (χ1n) is 10.9. The third-order valence-corrected chi connectivity index (χ3v) is 6.58. The summed E-state index contributed by atoms with van der Waals surface area (Å²) in [6, 6.07) is 11.9. The van der Waals surface area contributed by atoms with Crippen molar-refractivity contribution in [3.8, 4) is 11.3 Å². The molecule has 0 radical (unpaired) electrons. The summed E-state index contributed by atoms with van der Waals surface area (Å²) < 4.78 is 10.3. The van der Waals surface area contributed by atoms with Gasteiger partial charge < -0.3 is 14.5 Å². The summed E-state index contributed by atoms with van der Waals surface area (Å²) in [6.07, 6.45) is 1.33. The molecule has 1 aliphatic heterocycles. The number of nitro benzene ring substituents is 1. The minimum absolute atomic E-state index is 0.0153. The number of benzene rings is 2. The lowest BCUT2D eigenvalue weighted by Gasteiger charge is -2.13. The number of carbonyl (C=O) groups excluding carboxylic acids is 4. The first-order chi connectivity index (χ1) is 18.1. The minimum Gasteiger partial charge on any atom is -0.465 e. The van der Waals surface area contributed by atoms with Crippen molar-refractivity contribution in [2.45, 2.75) is 6.92 Å². The molecule has 3 aromatic rings. The number of furan rings is 1. The van der Waals surface area contributed by atoms with Gasteiger partial charge in [0.2, 0.25) is 5.91 Å². The number of halogens is 1. The van der Waals surface area contributed by atoms with Crippen LogP contribution < -0.4 is 5.32 Å².